The highest BCUT2D eigenvalue weighted by atomic mass is 35.5. The van der Waals surface area contributed by atoms with Crippen LogP contribution in [0.15, 0.2) is 5.38 Å². The van der Waals surface area contributed by atoms with Gasteiger partial charge in [-0.2, -0.15) is 0 Å². The molecule has 0 aliphatic carbocycles. The molecule has 1 atom stereocenters. The van der Waals surface area contributed by atoms with Crippen molar-refractivity contribution in [2.24, 2.45) is 0 Å². The molecule has 0 aromatic carbocycles. The second kappa shape index (κ2) is 6.57. The van der Waals surface area contributed by atoms with Crippen molar-refractivity contribution in [1.29, 1.82) is 0 Å². The third kappa shape index (κ3) is 2.99. The maximum atomic E-state index is 12.6. The van der Waals surface area contributed by atoms with Crippen LogP contribution in [-0.2, 0) is 4.74 Å². The first-order valence-electron chi connectivity index (χ1n) is 7.58. The normalized spacial score (nSPS) is 22.4. The number of hydrogen-bond donors (Lipinski definition) is 0. The van der Waals surface area contributed by atoms with Gasteiger partial charge in [0, 0.05) is 24.5 Å². The topological polar surface area (TPSA) is 59.1 Å². The van der Waals surface area contributed by atoms with Crippen molar-refractivity contribution in [1.82, 2.24) is 9.80 Å². The molecular weight excluding hydrogens is 340 g/mol. The summed E-state index contributed by atoms with van der Waals surface area (Å²) in [6, 6.07) is 0.238. The number of piperidine rings is 1. The highest BCUT2D eigenvalue weighted by Gasteiger charge is 2.38. The zero-order chi connectivity index (χ0) is 16.6. The lowest BCUT2D eigenvalue weighted by molar-refractivity contribution is 0.0639. The molecule has 2 fully saturated rings. The van der Waals surface area contributed by atoms with Crippen LogP contribution in [0.25, 0.3) is 0 Å². The lowest BCUT2D eigenvalue weighted by atomic mass is 10.0. The Labute approximate surface area is 143 Å². The number of rotatable bonds is 3. The second-order valence-electron chi connectivity index (χ2n) is 5.81. The van der Waals surface area contributed by atoms with Gasteiger partial charge in [0.1, 0.15) is 10.9 Å². The van der Waals surface area contributed by atoms with E-state index in [1.54, 1.807) is 10.3 Å². The lowest BCUT2D eigenvalue weighted by Gasteiger charge is -2.37. The van der Waals surface area contributed by atoms with Crippen molar-refractivity contribution in [3.05, 3.63) is 15.3 Å². The van der Waals surface area contributed by atoms with Crippen molar-refractivity contribution >= 4 is 34.9 Å². The van der Waals surface area contributed by atoms with Crippen LogP contribution in [0.4, 0.5) is 4.79 Å². The number of nitrogens with zero attached hydrogens (tertiary/aromatic N) is 2. The van der Waals surface area contributed by atoms with E-state index < -0.39 is 0 Å². The molecule has 0 N–H and O–H groups in total. The SMILES string of the molecule is COc1c(C(=O)N2CCC(N3C(=O)OCC3C)CC2)csc1Cl. The highest BCUT2D eigenvalue weighted by Crippen LogP contribution is 2.36. The summed E-state index contributed by atoms with van der Waals surface area (Å²) in [5, 5.41) is 1.73. The number of carbonyl (C=O) groups excluding carboxylic acids is 2. The fourth-order valence-corrected chi connectivity index (χ4v) is 4.26. The largest absolute Gasteiger partial charge is 0.493 e. The van der Waals surface area contributed by atoms with Gasteiger partial charge >= 0.3 is 6.09 Å². The zero-order valence-corrected chi connectivity index (χ0v) is 14.7. The van der Waals surface area contributed by atoms with E-state index >= 15 is 0 Å². The first kappa shape index (κ1) is 16.4. The summed E-state index contributed by atoms with van der Waals surface area (Å²) in [7, 11) is 1.51. The molecule has 126 valence electrons. The molecule has 2 aliphatic heterocycles. The third-order valence-electron chi connectivity index (χ3n) is 4.42. The van der Waals surface area contributed by atoms with Gasteiger partial charge in [-0.05, 0) is 19.8 Å². The molecule has 3 rings (SSSR count). The summed E-state index contributed by atoms with van der Waals surface area (Å²) in [4.78, 5) is 28.0. The van der Waals surface area contributed by atoms with Gasteiger partial charge in [0.2, 0.25) is 0 Å². The molecule has 2 aliphatic rings. The Kier molecular flexibility index (Phi) is 4.68. The summed E-state index contributed by atoms with van der Waals surface area (Å²) in [6.45, 7) is 3.65. The Balaban J connectivity index is 1.64. The highest BCUT2D eigenvalue weighted by molar-refractivity contribution is 7.15. The number of ether oxygens (including phenoxy) is 2. The summed E-state index contributed by atoms with van der Waals surface area (Å²) in [6.07, 6.45) is 1.27. The average molecular weight is 359 g/mol. The van der Waals surface area contributed by atoms with E-state index in [-0.39, 0.29) is 24.1 Å². The van der Waals surface area contributed by atoms with Crippen LogP contribution in [0.3, 0.4) is 0 Å². The molecule has 0 spiro atoms. The maximum Gasteiger partial charge on any atom is 0.410 e. The smallest absolute Gasteiger partial charge is 0.410 e. The van der Waals surface area contributed by atoms with E-state index in [2.05, 4.69) is 0 Å². The molecule has 0 saturated carbocycles. The predicted molar refractivity (Wildman–Crippen MR) is 87.5 cm³/mol. The van der Waals surface area contributed by atoms with Crippen molar-refractivity contribution in [2.45, 2.75) is 31.8 Å². The summed E-state index contributed by atoms with van der Waals surface area (Å²) in [5.74, 6) is 0.376. The van der Waals surface area contributed by atoms with E-state index in [4.69, 9.17) is 21.1 Å². The zero-order valence-electron chi connectivity index (χ0n) is 13.1. The van der Waals surface area contributed by atoms with Gasteiger partial charge in [0.25, 0.3) is 5.91 Å². The monoisotopic (exact) mass is 358 g/mol. The molecule has 2 amide bonds. The van der Waals surface area contributed by atoms with Gasteiger partial charge in [0.15, 0.2) is 5.75 Å². The quantitative estimate of drug-likeness (QED) is 0.833. The second-order valence-corrected chi connectivity index (χ2v) is 7.29. The van der Waals surface area contributed by atoms with E-state index in [0.29, 0.717) is 35.3 Å². The predicted octanol–water partition coefficient (Wildman–Crippen LogP) is 2.86. The molecule has 6 nitrogen and oxygen atoms in total. The van der Waals surface area contributed by atoms with Crippen molar-refractivity contribution in [3.8, 4) is 5.75 Å². The average Bonchev–Trinajstić information content (AvgIpc) is 3.09. The van der Waals surface area contributed by atoms with Gasteiger partial charge in [-0.1, -0.05) is 11.6 Å². The van der Waals surface area contributed by atoms with Gasteiger partial charge in [0.05, 0.1) is 18.7 Å². The molecular formula is C15H19ClN2O4S. The fraction of sp³-hybridized carbons (Fsp3) is 0.600. The number of thiophene rings is 1. The minimum Gasteiger partial charge on any atom is -0.493 e. The minimum atomic E-state index is -0.242. The van der Waals surface area contributed by atoms with Crippen molar-refractivity contribution < 1.29 is 19.1 Å². The molecule has 1 aromatic rings. The van der Waals surface area contributed by atoms with Crippen LogP contribution in [0.2, 0.25) is 4.34 Å². The molecule has 0 radical (unpaired) electrons. The number of likely N-dealkylation sites (tertiary alicyclic amines) is 1. The number of amides is 2. The summed E-state index contributed by atoms with van der Waals surface area (Å²) < 4.78 is 10.8. The van der Waals surface area contributed by atoms with Gasteiger partial charge in [-0.15, -0.1) is 11.3 Å². The summed E-state index contributed by atoms with van der Waals surface area (Å²) in [5.41, 5.74) is 0.509. The summed E-state index contributed by atoms with van der Waals surface area (Å²) >= 11 is 7.33. The van der Waals surface area contributed by atoms with Crippen LogP contribution in [0, 0.1) is 0 Å². The van der Waals surface area contributed by atoms with E-state index in [9.17, 15) is 9.59 Å². The Morgan fingerprint density at radius 2 is 2.13 bits per heavy atom. The molecule has 0 bridgehead atoms. The van der Waals surface area contributed by atoms with Gasteiger partial charge in [-0.25, -0.2) is 4.79 Å². The molecule has 1 unspecified atom stereocenters. The maximum absolute atomic E-state index is 12.6. The first-order valence-corrected chi connectivity index (χ1v) is 8.84. The van der Waals surface area contributed by atoms with Gasteiger partial charge < -0.3 is 14.4 Å². The third-order valence-corrected chi connectivity index (χ3v) is 5.60. The number of halogens is 1. The molecule has 2 saturated heterocycles. The minimum absolute atomic E-state index is 0.0690. The standard InChI is InChI=1S/C15H19ClN2O4S/c1-9-7-22-15(20)18(9)10-3-5-17(6-4-10)14(19)11-8-23-13(16)12(11)21-2/h8-10H,3-7H2,1-2H3. The van der Waals surface area contributed by atoms with Crippen LogP contribution >= 0.6 is 22.9 Å². The number of cyclic esters (lactones) is 1. The number of hydrogen-bond acceptors (Lipinski definition) is 5. The molecule has 1 aromatic heterocycles. The molecule has 3 heterocycles. The van der Waals surface area contributed by atoms with Crippen molar-refractivity contribution in [2.75, 3.05) is 26.8 Å². The van der Waals surface area contributed by atoms with E-state index in [0.717, 1.165) is 12.8 Å². The van der Waals surface area contributed by atoms with Crippen LogP contribution in [-0.4, -0.2) is 60.7 Å². The fourth-order valence-electron chi connectivity index (χ4n) is 3.21. The Bertz CT molecular complexity index is 613. The Morgan fingerprint density at radius 1 is 1.43 bits per heavy atom. The molecule has 23 heavy (non-hydrogen) atoms. The van der Waals surface area contributed by atoms with Gasteiger partial charge in [-0.3, -0.25) is 9.69 Å². The number of carbonyl (C=O) groups is 2. The molecule has 8 heteroatoms. The van der Waals surface area contributed by atoms with Crippen LogP contribution in [0.5, 0.6) is 5.75 Å². The Morgan fingerprint density at radius 3 is 2.70 bits per heavy atom. The van der Waals surface area contributed by atoms with Crippen molar-refractivity contribution in [3.63, 3.8) is 0 Å². The Hall–Kier alpha value is -1.47. The number of methoxy groups -OCH3 is 1. The first-order chi connectivity index (χ1) is 11.0. The van der Waals surface area contributed by atoms with E-state index in [1.807, 2.05) is 11.8 Å². The lowest BCUT2D eigenvalue weighted by Crippen LogP contribution is -2.49. The van der Waals surface area contributed by atoms with Crippen LogP contribution in [0.1, 0.15) is 30.1 Å². The van der Waals surface area contributed by atoms with E-state index in [1.165, 1.54) is 18.4 Å². The van der Waals surface area contributed by atoms with Crippen LogP contribution < -0.4 is 4.74 Å².